The lowest BCUT2D eigenvalue weighted by atomic mass is 10.1. The van der Waals surface area contributed by atoms with Crippen LogP contribution in [-0.4, -0.2) is 20.5 Å². The Morgan fingerprint density at radius 2 is 1.64 bits per heavy atom. The van der Waals surface area contributed by atoms with Crippen molar-refractivity contribution in [2.24, 2.45) is 0 Å². The molecule has 2 aromatic carbocycles. The summed E-state index contributed by atoms with van der Waals surface area (Å²) in [5.41, 5.74) is 1.78. The molecule has 0 atom stereocenters. The number of allylic oxidation sites excluding steroid dienone is 1. The highest BCUT2D eigenvalue weighted by Gasteiger charge is 2.08. The molecule has 0 amide bonds. The third-order valence-corrected chi connectivity index (χ3v) is 4.16. The third kappa shape index (κ3) is 3.90. The summed E-state index contributed by atoms with van der Waals surface area (Å²) in [5, 5.41) is 8.71. The summed E-state index contributed by atoms with van der Waals surface area (Å²) in [6, 6.07) is 14.7. The van der Waals surface area contributed by atoms with Gasteiger partial charge in [-0.2, -0.15) is 5.26 Å². The minimum absolute atomic E-state index is 0.181. The monoisotopic (exact) mass is 311 g/mol. The first-order valence-corrected chi connectivity index (χ1v) is 8.32. The molecule has 0 bridgehead atoms. The van der Waals surface area contributed by atoms with Crippen molar-refractivity contribution >= 4 is 21.7 Å². The van der Waals surface area contributed by atoms with Crippen molar-refractivity contribution < 1.29 is 13.2 Å². The van der Waals surface area contributed by atoms with Gasteiger partial charge in [0.15, 0.2) is 15.6 Å². The van der Waals surface area contributed by atoms with E-state index in [1.807, 2.05) is 6.07 Å². The lowest BCUT2D eigenvalue weighted by Crippen LogP contribution is -1.99. The number of benzene rings is 2. The van der Waals surface area contributed by atoms with Crippen LogP contribution in [0.2, 0.25) is 0 Å². The van der Waals surface area contributed by atoms with Gasteiger partial charge in [-0.1, -0.05) is 18.2 Å². The van der Waals surface area contributed by atoms with Crippen LogP contribution in [0.25, 0.3) is 6.08 Å². The van der Waals surface area contributed by atoms with Crippen LogP contribution in [0.3, 0.4) is 0 Å². The van der Waals surface area contributed by atoms with Gasteiger partial charge in [-0.3, -0.25) is 4.79 Å². The summed E-state index contributed by atoms with van der Waals surface area (Å²) in [5.74, 6) is -0.218. The first-order chi connectivity index (χ1) is 10.4. The molecule has 110 valence electrons. The first-order valence-electron chi connectivity index (χ1n) is 6.43. The topological polar surface area (TPSA) is 75.0 Å². The number of hydrogen-bond acceptors (Lipinski definition) is 4. The summed E-state index contributed by atoms with van der Waals surface area (Å²) in [6.45, 7) is 0. The third-order valence-electron chi connectivity index (χ3n) is 3.03. The van der Waals surface area contributed by atoms with Crippen molar-refractivity contribution in [2.45, 2.75) is 4.90 Å². The highest BCUT2D eigenvalue weighted by Crippen LogP contribution is 2.12. The lowest BCUT2D eigenvalue weighted by molar-refractivity contribution is 0.104. The predicted molar refractivity (Wildman–Crippen MR) is 84.1 cm³/mol. The SMILES string of the molecule is CS(=O)(=O)c1ccc(C(=O)/C=C/c2ccc(C#N)cc2)cc1. The van der Waals surface area contributed by atoms with E-state index in [0.717, 1.165) is 11.8 Å². The first kappa shape index (κ1) is 15.7. The van der Waals surface area contributed by atoms with Crippen LogP contribution in [0.5, 0.6) is 0 Å². The second-order valence-electron chi connectivity index (χ2n) is 4.73. The predicted octanol–water partition coefficient (Wildman–Crippen LogP) is 2.86. The Morgan fingerprint density at radius 3 is 2.14 bits per heavy atom. The van der Waals surface area contributed by atoms with Gasteiger partial charge in [-0.15, -0.1) is 0 Å². The van der Waals surface area contributed by atoms with Crippen LogP contribution in [0.15, 0.2) is 59.5 Å². The average molecular weight is 311 g/mol. The van der Waals surface area contributed by atoms with Crippen LogP contribution in [0, 0.1) is 11.3 Å². The van der Waals surface area contributed by atoms with Crippen LogP contribution in [0.4, 0.5) is 0 Å². The Labute approximate surface area is 129 Å². The molecule has 0 saturated heterocycles. The number of rotatable bonds is 4. The summed E-state index contributed by atoms with van der Waals surface area (Å²) < 4.78 is 22.7. The fourth-order valence-corrected chi connectivity index (χ4v) is 2.43. The maximum Gasteiger partial charge on any atom is 0.185 e. The molecule has 0 aliphatic carbocycles. The van der Waals surface area contributed by atoms with Crippen LogP contribution < -0.4 is 0 Å². The average Bonchev–Trinajstić information content (AvgIpc) is 2.52. The highest BCUT2D eigenvalue weighted by atomic mass is 32.2. The standard InChI is InChI=1S/C17H13NO3S/c1-22(20,21)16-9-7-15(8-10-16)17(19)11-6-13-2-4-14(12-18)5-3-13/h2-11H,1H3/b11-6+. The van der Waals surface area contributed by atoms with E-state index in [1.165, 1.54) is 30.3 Å². The molecule has 0 unspecified atom stereocenters. The van der Waals surface area contributed by atoms with Gasteiger partial charge in [0.2, 0.25) is 0 Å². The molecule has 0 aliphatic rings. The van der Waals surface area contributed by atoms with Gasteiger partial charge in [0.05, 0.1) is 16.5 Å². The molecule has 5 heteroatoms. The Bertz CT molecular complexity index is 856. The fraction of sp³-hybridized carbons (Fsp3) is 0.0588. The van der Waals surface area contributed by atoms with Gasteiger partial charge >= 0.3 is 0 Å². The number of hydrogen-bond donors (Lipinski definition) is 0. The molecule has 0 N–H and O–H groups in total. The Balaban J connectivity index is 2.14. The number of carbonyl (C=O) groups is 1. The fourth-order valence-electron chi connectivity index (χ4n) is 1.80. The highest BCUT2D eigenvalue weighted by molar-refractivity contribution is 7.90. The molecule has 0 aliphatic heterocycles. The summed E-state index contributed by atoms with van der Waals surface area (Å²) in [7, 11) is -3.26. The smallest absolute Gasteiger partial charge is 0.185 e. The molecule has 0 spiro atoms. The van der Waals surface area contributed by atoms with Gasteiger partial charge in [-0.05, 0) is 48.0 Å². The molecular weight excluding hydrogens is 298 g/mol. The largest absolute Gasteiger partial charge is 0.289 e. The van der Waals surface area contributed by atoms with Crippen molar-refractivity contribution in [1.29, 1.82) is 5.26 Å². The Hall–Kier alpha value is -2.71. The lowest BCUT2D eigenvalue weighted by Gasteiger charge is -2.00. The number of ketones is 1. The van der Waals surface area contributed by atoms with E-state index in [9.17, 15) is 13.2 Å². The molecule has 22 heavy (non-hydrogen) atoms. The van der Waals surface area contributed by atoms with Gasteiger partial charge in [0.1, 0.15) is 0 Å². The summed E-state index contributed by atoms with van der Waals surface area (Å²) in [6.07, 6.45) is 4.18. The van der Waals surface area contributed by atoms with E-state index in [1.54, 1.807) is 30.3 Å². The second-order valence-corrected chi connectivity index (χ2v) is 6.74. The van der Waals surface area contributed by atoms with Crippen molar-refractivity contribution in [1.82, 2.24) is 0 Å². The maximum atomic E-state index is 12.0. The zero-order valence-electron chi connectivity index (χ0n) is 11.9. The zero-order valence-corrected chi connectivity index (χ0v) is 12.7. The zero-order chi connectivity index (χ0) is 16.2. The second kappa shape index (κ2) is 6.37. The Kier molecular flexibility index (Phi) is 4.54. The molecule has 0 aromatic heterocycles. The van der Waals surface area contributed by atoms with Crippen molar-refractivity contribution in [3.8, 4) is 6.07 Å². The van der Waals surface area contributed by atoms with Gasteiger partial charge < -0.3 is 0 Å². The number of carbonyl (C=O) groups excluding carboxylic acids is 1. The maximum absolute atomic E-state index is 12.0. The van der Waals surface area contributed by atoms with Gasteiger partial charge in [0, 0.05) is 11.8 Å². The minimum Gasteiger partial charge on any atom is -0.289 e. The van der Waals surface area contributed by atoms with E-state index in [0.29, 0.717) is 11.1 Å². The molecular formula is C17H13NO3S. The molecule has 2 aromatic rings. The molecule has 0 heterocycles. The van der Waals surface area contributed by atoms with Crippen LogP contribution in [-0.2, 0) is 9.84 Å². The quantitative estimate of drug-likeness (QED) is 0.642. The van der Waals surface area contributed by atoms with E-state index in [-0.39, 0.29) is 10.7 Å². The number of nitriles is 1. The van der Waals surface area contributed by atoms with Gasteiger partial charge in [0.25, 0.3) is 0 Å². The van der Waals surface area contributed by atoms with Crippen molar-refractivity contribution in [2.75, 3.05) is 6.26 Å². The van der Waals surface area contributed by atoms with E-state index in [2.05, 4.69) is 0 Å². The molecule has 0 saturated carbocycles. The van der Waals surface area contributed by atoms with E-state index >= 15 is 0 Å². The van der Waals surface area contributed by atoms with E-state index in [4.69, 9.17) is 5.26 Å². The van der Waals surface area contributed by atoms with E-state index < -0.39 is 9.84 Å². The van der Waals surface area contributed by atoms with Crippen LogP contribution in [0.1, 0.15) is 21.5 Å². The van der Waals surface area contributed by atoms with Crippen LogP contribution >= 0.6 is 0 Å². The van der Waals surface area contributed by atoms with Gasteiger partial charge in [-0.25, -0.2) is 8.42 Å². The molecule has 2 rings (SSSR count). The molecule has 0 fully saturated rings. The Morgan fingerprint density at radius 1 is 1.05 bits per heavy atom. The molecule has 4 nitrogen and oxygen atoms in total. The minimum atomic E-state index is -3.26. The van der Waals surface area contributed by atoms with Crippen molar-refractivity contribution in [3.63, 3.8) is 0 Å². The number of nitrogens with zero attached hydrogens (tertiary/aromatic N) is 1. The normalized spacial score (nSPS) is 11.3. The number of sulfone groups is 1. The molecule has 0 radical (unpaired) electrons. The summed E-state index contributed by atoms with van der Waals surface area (Å²) in [4.78, 5) is 12.2. The summed E-state index contributed by atoms with van der Waals surface area (Å²) >= 11 is 0. The van der Waals surface area contributed by atoms with Crippen molar-refractivity contribution in [3.05, 3.63) is 71.3 Å².